The highest BCUT2D eigenvalue weighted by molar-refractivity contribution is 8.13. The second-order valence-corrected chi connectivity index (χ2v) is 7.60. The highest BCUT2D eigenvalue weighted by Gasteiger charge is 2.23. The van der Waals surface area contributed by atoms with Crippen LogP contribution in [0, 0.1) is 5.82 Å². The molecule has 0 aliphatic heterocycles. The molecule has 0 unspecified atom stereocenters. The number of carbonyl (C=O) groups excluding carboxylic acids is 1. The quantitative estimate of drug-likeness (QED) is 0.860. The van der Waals surface area contributed by atoms with Gasteiger partial charge in [0.25, 0.3) is 15.0 Å². The summed E-state index contributed by atoms with van der Waals surface area (Å²) < 4.78 is 36.1. The van der Waals surface area contributed by atoms with E-state index < -0.39 is 30.7 Å². The van der Waals surface area contributed by atoms with Crippen molar-refractivity contribution in [1.82, 2.24) is 5.32 Å². The molecule has 2 rings (SSSR count). The molecule has 0 aromatic heterocycles. The molecule has 1 aliphatic carbocycles. The summed E-state index contributed by atoms with van der Waals surface area (Å²) in [6, 6.07) is 1.69. The smallest absolute Gasteiger partial charge is 0.261 e. The Kier molecular flexibility index (Phi) is 4.56. The minimum Gasteiger partial charge on any atom is -0.349 e. The van der Waals surface area contributed by atoms with Crippen LogP contribution in [0.25, 0.3) is 0 Å². The molecule has 1 fully saturated rings. The van der Waals surface area contributed by atoms with Gasteiger partial charge in [0.15, 0.2) is 0 Å². The molecule has 0 bridgehead atoms. The Morgan fingerprint density at radius 2 is 1.90 bits per heavy atom. The number of carbonyl (C=O) groups is 1. The highest BCUT2D eigenvalue weighted by atomic mass is 35.7. The molecular formula is C12H12Cl2FNO3S. The number of benzene rings is 1. The average molecular weight is 340 g/mol. The van der Waals surface area contributed by atoms with Gasteiger partial charge in [-0.2, -0.15) is 0 Å². The zero-order chi connectivity index (χ0) is 14.9. The zero-order valence-corrected chi connectivity index (χ0v) is 12.7. The molecule has 110 valence electrons. The van der Waals surface area contributed by atoms with Gasteiger partial charge in [0.1, 0.15) is 5.82 Å². The van der Waals surface area contributed by atoms with Gasteiger partial charge in [-0.05, 0) is 25.0 Å². The summed E-state index contributed by atoms with van der Waals surface area (Å²) in [5.74, 6) is -1.59. The molecule has 1 aromatic rings. The van der Waals surface area contributed by atoms with Crippen LogP contribution >= 0.6 is 22.3 Å². The lowest BCUT2D eigenvalue weighted by Gasteiger charge is -2.13. The zero-order valence-electron chi connectivity index (χ0n) is 10.3. The van der Waals surface area contributed by atoms with Crippen molar-refractivity contribution >= 4 is 37.2 Å². The summed E-state index contributed by atoms with van der Waals surface area (Å²) in [6.07, 6.45) is 3.73. The number of hydrogen-bond acceptors (Lipinski definition) is 3. The summed E-state index contributed by atoms with van der Waals surface area (Å²) in [5, 5.41) is 2.30. The molecule has 4 nitrogen and oxygen atoms in total. The van der Waals surface area contributed by atoms with Gasteiger partial charge in [0.05, 0.1) is 15.5 Å². The molecule has 1 aliphatic rings. The fourth-order valence-corrected chi connectivity index (χ4v) is 3.17. The highest BCUT2D eigenvalue weighted by Crippen LogP contribution is 2.27. The van der Waals surface area contributed by atoms with Crippen LogP contribution in [0.4, 0.5) is 4.39 Å². The Morgan fingerprint density at radius 1 is 1.30 bits per heavy atom. The average Bonchev–Trinajstić information content (AvgIpc) is 2.83. The van der Waals surface area contributed by atoms with E-state index in [9.17, 15) is 17.6 Å². The van der Waals surface area contributed by atoms with Crippen LogP contribution < -0.4 is 5.32 Å². The van der Waals surface area contributed by atoms with Crippen molar-refractivity contribution in [2.45, 2.75) is 36.6 Å². The number of halogens is 3. The summed E-state index contributed by atoms with van der Waals surface area (Å²) >= 11 is 5.72. The van der Waals surface area contributed by atoms with Crippen molar-refractivity contribution in [3.8, 4) is 0 Å². The molecule has 0 saturated heterocycles. The minimum atomic E-state index is -4.13. The first-order valence-corrected chi connectivity index (χ1v) is 8.72. The van der Waals surface area contributed by atoms with Crippen LogP contribution in [-0.4, -0.2) is 20.4 Å². The molecule has 1 N–H and O–H groups in total. The van der Waals surface area contributed by atoms with Gasteiger partial charge in [-0.1, -0.05) is 24.4 Å². The first kappa shape index (κ1) is 15.5. The van der Waals surface area contributed by atoms with E-state index in [2.05, 4.69) is 5.32 Å². The topological polar surface area (TPSA) is 63.2 Å². The Morgan fingerprint density at radius 3 is 2.45 bits per heavy atom. The Balaban J connectivity index is 2.34. The predicted molar refractivity (Wildman–Crippen MR) is 74.2 cm³/mol. The summed E-state index contributed by atoms with van der Waals surface area (Å²) in [4.78, 5) is 11.6. The third kappa shape index (κ3) is 3.42. The van der Waals surface area contributed by atoms with Crippen LogP contribution in [0.2, 0.25) is 5.02 Å². The van der Waals surface area contributed by atoms with Crippen LogP contribution in [0.5, 0.6) is 0 Å². The van der Waals surface area contributed by atoms with Crippen LogP contribution in [0.15, 0.2) is 17.0 Å². The molecule has 0 spiro atoms. The normalized spacial score (nSPS) is 16.4. The lowest BCUT2D eigenvalue weighted by Crippen LogP contribution is -2.33. The van der Waals surface area contributed by atoms with Crippen molar-refractivity contribution < 1.29 is 17.6 Å². The number of amides is 1. The largest absolute Gasteiger partial charge is 0.349 e. The molecular weight excluding hydrogens is 328 g/mol. The lowest BCUT2D eigenvalue weighted by molar-refractivity contribution is 0.0937. The molecule has 0 heterocycles. The first-order chi connectivity index (χ1) is 9.29. The van der Waals surface area contributed by atoms with E-state index >= 15 is 0 Å². The standard InChI is InChI=1S/C12H12Cl2FNO3S/c13-11-9(12(17)16-7-3-1-2-4-7)5-8(6-10(11)15)20(14,18)19/h5-7H,1-4H2,(H,16,17). The SMILES string of the molecule is O=C(NC1CCCC1)c1cc(S(=O)(=O)Cl)cc(F)c1Cl. The van der Waals surface area contributed by atoms with E-state index in [0.717, 1.165) is 31.7 Å². The maximum absolute atomic E-state index is 13.6. The maximum atomic E-state index is 13.6. The number of nitrogens with one attached hydrogen (secondary N) is 1. The van der Waals surface area contributed by atoms with Crippen LogP contribution in [-0.2, 0) is 9.05 Å². The van der Waals surface area contributed by atoms with E-state index in [1.54, 1.807) is 0 Å². The third-order valence-corrected chi connectivity index (χ3v) is 4.94. The van der Waals surface area contributed by atoms with E-state index in [0.29, 0.717) is 6.07 Å². The van der Waals surface area contributed by atoms with Gasteiger partial charge < -0.3 is 5.32 Å². The summed E-state index contributed by atoms with van der Waals surface area (Å²) in [5.41, 5.74) is -0.224. The maximum Gasteiger partial charge on any atom is 0.261 e. The van der Waals surface area contributed by atoms with Crippen LogP contribution in [0.3, 0.4) is 0 Å². The van der Waals surface area contributed by atoms with Crippen molar-refractivity contribution in [3.05, 3.63) is 28.5 Å². The van der Waals surface area contributed by atoms with Crippen molar-refractivity contribution in [3.63, 3.8) is 0 Å². The molecule has 0 atom stereocenters. The van der Waals surface area contributed by atoms with Gasteiger partial charge in [-0.25, -0.2) is 12.8 Å². The van der Waals surface area contributed by atoms with E-state index in [4.69, 9.17) is 22.3 Å². The van der Waals surface area contributed by atoms with Crippen molar-refractivity contribution in [2.75, 3.05) is 0 Å². The Bertz CT molecular complexity index is 642. The van der Waals surface area contributed by atoms with Crippen LogP contribution in [0.1, 0.15) is 36.0 Å². The van der Waals surface area contributed by atoms with Gasteiger partial charge >= 0.3 is 0 Å². The summed E-state index contributed by atoms with van der Waals surface area (Å²) in [6.45, 7) is 0. The monoisotopic (exact) mass is 339 g/mol. The van der Waals surface area contributed by atoms with E-state index in [1.807, 2.05) is 0 Å². The lowest BCUT2D eigenvalue weighted by atomic mass is 10.1. The second kappa shape index (κ2) is 5.87. The molecule has 1 saturated carbocycles. The molecule has 0 radical (unpaired) electrons. The van der Waals surface area contributed by atoms with Gasteiger partial charge in [0, 0.05) is 16.7 Å². The molecule has 20 heavy (non-hydrogen) atoms. The number of rotatable bonds is 3. The number of hydrogen-bond donors (Lipinski definition) is 1. The van der Waals surface area contributed by atoms with Gasteiger partial charge in [-0.15, -0.1) is 0 Å². The fraction of sp³-hybridized carbons (Fsp3) is 0.417. The molecule has 1 aromatic carbocycles. The summed E-state index contributed by atoms with van der Waals surface area (Å²) in [7, 11) is 1.03. The van der Waals surface area contributed by atoms with E-state index in [1.165, 1.54) is 0 Å². The van der Waals surface area contributed by atoms with Crippen molar-refractivity contribution in [1.29, 1.82) is 0 Å². The Hall–Kier alpha value is -0.850. The second-order valence-electron chi connectivity index (χ2n) is 4.66. The predicted octanol–water partition coefficient (Wildman–Crippen LogP) is 3.08. The van der Waals surface area contributed by atoms with E-state index in [-0.39, 0.29) is 11.6 Å². The molecule has 1 amide bonds. The van der Waals surface area contributed by atoms with Gasteiger partial charge in [0.2, 0.25) is 0 Å². The first-order valence-electron chi connectivity index (χ1n) is 6.03. The van der Waals surface area contributed by atoms with Gasteiger partial charge in [-0.3, -0.25) is 4.79 Å². The fourth-order valence-electron chi connectivity index (χ4n) is 2.20. The Labute approximate surface area is 125 Å². The minimum absolute atomic E-state index is 0.0119. The third-order valence-electron chi connectivity index (χ3n) is 3.22. The van der Waals surface area contributed by atoms with Crippen molar-refractivity contribution in [2.24, 2.45) is 0 Å². The molecule has 8 heteroatoms.